The van der Waals surface area contributed by atoms with Gasteiger partial charge in [0, 0.05) is 5.41 Å². The Morgan fingerprint density at radius 1 is 1.24 bits per heavy atom. The third-order valence-electron chi connectivity index (χ3n) is 8.68. The second-order valence-corrected chi connectivity index (χ2v) is 9.44. The van der Waals surface area contributed by atoms with Crippen molar-refractivity contribution in [1.82, 2.24) is 0 Å². The first-order valence-electron chi connectivity index (χ1n) is 9.42. The van der Waals surface area contributed by atoms with Gasteiger partial charge in [0.05, 0.1) is 16.9 Å². The Labute approximate surface area is 148 Å². The molecular formula is C20H28O5. The number of carbonyl (C=O) groups excluding carboxylic acids is 1. The Balaban J connectivity index is 1.91. The van der Waals surface area contributed by atoms with E-state index in [4.69, 9.17) is 0 Å². The lowest BCUT2D eigenvalue weighted by molar-refractivity contribution is -0.290. The topological polar surface area (TPSA) is 94.8 Å². The molecule has 0 saturated heterocycles. The summed E-state index contributed by atoms with van der Waals surface area (Å²) in [6, 6.07) is 0. The van der Waals surface area contributed by atoms with E-state index in [0.717, 1.165) is 0 Å². The quantitative estimate of drug-likeness (QED) is 0.632. The largest absolute Gasteiger partial charge is 0.481 e. The van der Waals surface area contributed by atoms with Gasteiger partial charge in [0.1, 0.15) is 5.60 Å². The van der Waals surface area contributed by atoms with Gasteiger partial charge >= 0.3 is 5.97 Å². The van der Waals surface area contributed by atoms with Gasteiger partial charge in [-0.25, -0.2) is 0 Å². The highest BCUT2D eigenvalue weighted by Gasteiger charge is 2.77. The molecule has 0 aliphatic heterocycles. The smallest absolute Gasteiger partial charge is 0.309 e. The van der Waals surface area contributed by atoms with Crippen molar-refractivity contribution >= 4 is 11.8 Å². The minimum atomic E-state index is -1.58. The molecule has 3 N–H and O–H groups in total. The van der Waals surface area contributed by atoms with Gasteiger partial charge in [-0.15, -0.1) is 0 Å². The van der Waals surface area contributed by atoms with Crippen molar-refractivity contribution in [1.29, 1.82) is 0 Å². The molecule has 0 amide bonds. The van der Waals surface area contributed by atoms with E-state index in [-0.39, 0.29) is 17.6 Å². The molecule has 25 heavy (non-hydrogen) atoms. The first kappa shape index (κ1) is 17.2. The van der Waals surface area contributed by atoms with Crippen molar-refractivity contribution < 1.29 is 24.9 Å². The molecular weight excluding hydrogens is 320 g/mol. The monoisotopic (exact) mass is 348 g/mol. The first-order chi connectivity index (χ1) is 11.5. The zero-order chi connectivity index (χ0) is 18.4. The van der Waals surface area contributed by atoms with Gasteiger partial charge in [-0.1, -0.05) is 19.9 Å². The highest BCUT2D eigenvalue weighted by molar-refractivity contribution is 6.04. The first-order valence-corrected chi connectivity index (χ1v) is 9.42. The molecule has 4 aliphatic carbocycles. The summed E-state index contributed by atoms with van der Waals surface area (Å²) in [5.41, 5.74) is -3.75. The van der Waals surface area contributed by atoms with Crippen LogP contribution in [0.25, 0.3) is 0 Å². The van der Waals surface area contributed by atoms with Crippen LogP contribution >= 0.6 is 0 Å². The standard InChI is InChI=1S/C20H28O5/c1-11-12-9-14(21)20(25)18(3)7-4-6-17(2,16(23)24)13(18)5-8-19(20,10-12)15(11)22/h12-14,21,25H,1,4-10H2,2-3H3,(H,23,24)/t12?,13-,14+,17-,18-,19+,20?/m1/s1. The molecule has 0 aromatic heterocycles. The minimum absolute atomic E-state index is 0.0580. The summed E-state index contributed by atoms with van der Waals surface area (Å²) >= 11 is 0. The number of hydrogen-bond donors (Lipinski definition) is 3. The zero-order valence-corrected chi connectivity index (χ0v) is 15.0. The fourth-order valence-corrected chi connectivity index (χ4v) is 7.39. The van der Waals surface area contributed by atoms with E-state index in [1.165, 1.54) is 0 Å². The van der Waals surface area contributed by atoms with Crippen LogP contribution in [0.15, 0.2) is 12.2 Å². The maximum absolute atomic E-state index is 13.1. The maximum atomic E-state index is 13.1. The van der Waals surface area contributed by atoms with Crippen LogP contribution in [-0.4, -0.2) is 38.8 Å². The molecule has 7 atom stereocenters. The number of aliphatic carboxylic acids is 1. The minimum Gasteiger partial charge on any atom is -0.481 e. The van der Waals surface area contributed by atoms with Crippen molar-refractivity contribution in [2.75, 3.05) is 0 Å². The molecule has 0 heterocycles. The summed E-state index contributed by atoms with van der Waals surface area (Å²) in [5.74, 6) is -1.25. The van der Waals surface area contributed by atoms with Gasteiger partial charge in [-0.05, 0) is 62.9 Å². The summed E-state index contributed by atoms with van der Waals surface area (Å²) in [5, 5.41) is 32.9. The normalized spacial score (nSPS) is 54.8. The lowest BCUT2D eigenvalue weighted by Gasteiger charge is -2.67. The van der Waals surface area contributed by atoms with Crippen LogP contribution in [0.5, 0.6) is 0 Å². The number of rotatable bonds is 1. The van der Waals surface area contributed by atoms with Crippen LogP contribution in [0.4, 0.5) is 0 Å². The van der Waals surface area contributed by atoms with E-state index in [2.05, 4.69) is 6.58 Å². The summed E-state index contributed by atoms with van der Waals surface area (Å²) in [7, 11) is 0. The van der Waals surface area contributed by atoms with Gasteiger partial charge in [0.15, 0.2) is 5.78 Å². The van der Waals surface area contributed by atoms with Gasteiger partial charge in [-0.3, -0.25) is 9.59 Å². The molecule has 2 bridgehead atoms. The molecule has 4 rings (SSSR count). The van der Waals surface area contributed by atoms with Gasteiger partial charge < -0.3 is 15.3 Å². The van der Waals surface area contributed by atoms with Crippen LogP contribution in [0.2, 0.25) is 0 Å². The second kappa shape index (κ2) is 4.74. The molecule has 138 valence electrons. The fraction of sp³-hybridized carbons (Fsp3) is 0.800. The van der Waals surface area contributed by atoms with Crippen molar-refractivity contribution in [3.8, 4) is 0 Å². The molecule has 1 spiro atoms. The predicted molar refractivity (Wildman–Crippen MR) is 90.7 cm³/mol. The Kier molecular flexibility index (Phi) is 3.27. The van der Waals surface area contributed by atoms with E-state index in [1.54, 1.807) is 6.92 Å². The van der Waals surface area contributed by atoms with Gasteiger partial charge in [-0.2, -0.15) is 0 Å². The number of carboxylic acids is 1. The molecule has 2 unspecified atom stereocenters. The molecule has 4 aliphatic rings. The van der Waals surface area contributed by atoms with Crippen molar-refractivity contribution in [2.45, 2.75) is 70.5 Å². The SMILES string of the molecule is C=C1C(=O)[C@@]23CC[C@@H]4[C@](C)(C(=O)O)CCC[C@@]4(C)C2(O)[C@@H](O)CC1C3. The van der Waals surface area contributed by atoms with Crippen LogP contribution in [0.1, 0.15) is 58.8 Å². The molecule has 5 heteroatoms. The molecule has 4 saturated carbocycles. The van der Waals surface area contributed by atoms with Crippen LogP contribution in [0.3, 0.4) is 0 Å². The number of allylic oxidation sites excluding steroid dienone is 1. The van der Waals surface area contributed by atoms with Crippen molar-refractivity contribution in [2.24, 2.45) is 28.1 Å². The summed E-state index contributed by atoms with van der Waals surface area (Å²) in [6.45, 7) is 7.63. The third-order valence-corrected chi connectivity index (χ3v) is 8.68. The molecule has 5 nitrogen and oxygen atoms in total. The summed E-state index contributed by atoms with van der Waals surface area (Å²) in [4.78, 5) is 25.2. The summed E-state index contributed by atoms with van der Waals surface area (Å²) in [6.07, 6.45) is 2.81. The highest BCUT2D eigenvalue weighted by Crippen LogP contribution is 2.72. The van der Waals surface area contributed by atoms with E-state index in [1.807, 2.05) is 6.92 Å². The van der Waals surface area contributed by atoms with E-state index >= 15 is 0 Å². The zero-order valence-electron chi connectivity index (χ0n) is 15.0. The molecule has 0 aromatic carbocycles. The van der Waals surface area contributed by atoms with Gasteiger partial charge in [0.25, 0.3) is 0 Å². The average molecular weight is 348 g/mol. The van der Waals surface area contributed by atoms with Crippen molar-refractivity contribution in [3.05, 3.63) is 12.2 Å². The number of hydrogen-bond acceptors (Lipinski definition) is 4. The number of carbonyl (C=O) groups is 2. The number of aliphatic hydroxyl groups excluding tert-OH is 1. The number of ketones is 1. The maximum Gasteiger partial charge on any atom is 0.309 e. The Morgan fingerprint density at radius 2 is 1.92 bits per heavy atom. The Morgan fingerprint density at radius 3 is 2.56 bits per heavy atom. The lowest BCUT2D eigenvalue weighted by atomic mass is 9.38. The average Bonchev–Trinajstić information content (AvgIpc) is 2.75. The number of fused-ring (bicyclic) bond motifs is 3. The van der Waals surface area contributed by atoms with Crippen LogP contribution in [-0.2, 0) is 9.59 Å². The van der Waals surface area contributed by atoms with Gasteiger partial charge in [0.2, 0.25) is 0 Å². The lowest BCUT2D eigenvalue weighted by Crippen LogP contribution is -2.74. The predicted octanol–water partition coefficient (Wildman–Crippen LogP) is 2.30. The third kappa shape index (κ3) is 1.63. The van der Waals surface area contributed by atoms with Crippen molar-refractivity contribution in [3.63, 3.8) is 0 Å². The molecule has 0 radical (unpaired) electrons. The molecule has 4 fully saturated rings. The Hall–Kier alpha value is -1.20. The van der Waals surface area contributed by atoms with Crippen LogP contribution < -0.4 is 0 Å². The van der Waals surface area contributed by atoms with E-state index in [9.17, 15) is 24.9 Å². The second-order valence-electron chi connectivity index (χ2n) is 9.44. The number of Topliss-reactive ketones (excluding diaryl/α,β-unsaturated/α-hetero) is 1. The summed E-state index contributed by atoms with van der Waals surface area (Å²) < 4.78 is 0. The van der Waals surface area contributed by atoms with E-state index in [0.29, 0.717) is 50.5 Å². The number of carboxylic acid groups (broad SMARTS) is 1. The van der Waals surface area contributed by atoms with E-state index < -0.39 is 33.9 Å². The fourth-order valence-electron chi connectivity index (χ4n) is 7.39. The van der Waals surface area contributed by atoms with Crippen LogP contribution in [0, 0.1) is 28.1 Å². The Bertz CT molecular complexity index is 686. The molecule has 0 aromatic rings. The highest BCUT2D eigenvalue weighted by atomic mass is 16.4. The number of aliphatic hydroxyl groups is 2.